The van der Waals surface area contributed by atoms with Gasteiger partial charge in [0.1, 0.15) is 0 Å². The third-order valence-electron chi connectivity index (χ3n) is 2.86. The van der Waals surface area contributed by atoms with Crippen molar-refractivity contribution in [2.75, 3.05) is 5.88 Å². The Labute approximate surface area is 83.0 Å². The molecule has 0 nitrogen and oxygen atoms in total. The molecule has 0 spiro atoms. The van der Waals surface area contributed by atoms with E-state index in [-0.39, 0.29) is 0 Å². The number of alkyl halides is 1. The van der Waals surface area contributed by atoms with Crippen LogP contribution in [0.5, 0.6) is 0 Å². The van der Waals surface area contributed by atoms with Crippen LogP contribution in [0.3, 0.4) is 0 Å². The lowest BCUT2D eigenvalue weighted by Gasteiger charge is -2.23. The normalized spacial score (nSPS) is 12.7. The van der Waals surface area contributed by atoms with E-state index in [0.29, 0.717) is 0 Å². The van der Waals surface area contributed by atoms with Crippen molar-refractivity contribution in [3.8, 4) is 0 Å². The number of allylic oxidation sites excluding steroid dienone is 1. The average Bonchev–Trinajstić information content (AvgIpc) is 2.14. The molecular weight excluding hydrogens is 184 g/mol. The van der Waals surface area contributed by atoms with Gasteiger partial charge in [0.15, 0.2) is 0 Å². The van der Waals surface area contributed by atoms with E-state index < -0.39 is 8.07 Å². The number of halogens is 1. The van der Waals surface area contributed by atoms with Gasteiger partial charge in [-0.25, -0.2) is 0 Å². The van der Waals surface area contributed by atoms with Crippen LogP contribution in [0, 0.1) is 0 Å². The van der Waals surface area contributed by atoms with Gasteiger partial charge < -0.3 is 0 Å². The second kappa shape index (κ2) is 6.73. The molecular formula is C10H21ClSi. The second-order valence-electron chi connectivity index (χ2n) is 3.30. The molecule has 0 amide bonds. The summed E-state index contributed by atoms with van der Waals surface area (Å²) in [5, 5.41) is 0. The lowest BCUT2D eigenvalue weighted by atomic mass is 10.5. The van der Waals surface area contributed by atoms with Crippen molar-refractivity contribution in [1.82, 2.24) is 0 Å². The van der Waals surface area contributed by atoms with Crippen LogP contribution in [0.1, 0.15) is 27.2 Å². The van der Waals surface area contributed by atoms with Gasteiger partial charge in [-0.1, -0.05) is 50.7 Å². The highest BCUT2D eigenvalue weighted by atomic mass is 35.5. The number of rotatable bonds is 6. The summed E-state index contributed by atoms with van der Waals surface area (Å²) in [4.78, 5) is 0. The van der Waals surface area contributed by atoms with Crippen LogP contribution >= 0.6 is 11.6 Å². The van der Waals surface area contributed by atoms with E-state index >= 15 is 0 Å². The van der Waals surface area contributed by atoms with E-state index in [9.17, 15) is 0 Å². The quantitative estimate of drug-likeness (QED) is 0.449. The third kappa shape index (κ3) is 3.77. The van der Waals surface area contributed by atoms with Crippen molar-refractivity contribution in [3.05, 3.63) is 11.8 Å². The molecule has 72 valence electrons. The molecule has 0 rings (SSSR count). The highest BCUT2D eigenvalue weighted by Gasteiger charge is 2.22. The molecule has 0 atom stereocenters. The maximum absolute atomic E-state index is 5.62. The van der Waals surface area contributed by atoms with Crippen molar-refractivity contribution in [2.24, 2.45) is 0 Å². The van der Waals surface area contributed by atoms with Crippen molar-refractivity contribution in [1.29, 1.82) is 0 Å². The summed E-state index contributed by atoms with van der Waals surface area (Å²) in [5.74, 6) is 0.762. The summed E-state index contributed by atoms with van der Waals surface area (Å²) in [6.45, 7) is 6.97. The Hall–Kier alpha value is 0.247. The van der Waals surface area contributed by atoms with Crippen LogP contribution in [0.4, 0.5) is 0 Å². The maximum Gasteiger partial charge on any atom is 0.0766 e. The van der Waals surface area contributed by atoms with E-state index in [1.165, 1.54) is 18.1 Å². The van der Waals surface area contributed by atoms with Gasteiger partial charge in [-0.3, -0.25) is 0 Å². The zero-order valence-corrected chi connectivity index (χ0v) is 10.3. The molecule has 0 aromatic heterocycles. The zero-order valence-electron chi connectivity index (χ0n) is 8.57. The predicted octanol–water partition coefficient (Wildman–Crippen LogP) is 4.22. The van der Waals surface area contributed by atoms with Gasteiger partial charge >= 0.3 is 0 Å². The summed E-state index contributed by atoms with van der Waals surface area (Å²) in [7, 11) is -0.994. The van der Waals surface area contributed by atoms with E-state index in [1.54, 1.807) is 0 Å². The van der Waals surface area contributed by atoms with Crippen molar-refractivity contribution in [2.45, 2.75) is 45.3 Å². The molecule has 0 aromatic carbocycles. The Morgan fingerprint density at radius 2 is 1.58 bits per heavy atom. The predicted molar refractivity (Wildman–Crippen MR) is 61.7 cm³/mol. The maximum atomic E-state index is 5.62. The molecule has 0 N–H and O–H groups in total. The Balaban J connectivity index is 4.09. The molecule has 0 bridgehead atoms. The molecule has 0 fully saturated rings. The Morgan fingerprint density at radius 3 is 1.92 bits per heavy atom. The van der Waals surface area contributed by atoms with Crippen LogP contribution < -0.4 is 0 Å². The third-order valence-corrected chi connectivity index (χ3v) is 8.25. The number of hydrogen-bond acceptors (Lipinski definition) is 0. The van der Waals surface area contributed by atoms with Gasteiger partial charge in [-0.05, 0) is 6.42 Å². The molecule has 0 heterocycles. The summed E-state index contributed by atoms with van der Waals surface area (Å²) in [5.41, 5.74) is 2.50. The fourth-order valence-electron chi connectivity index (χ4n) is 1.50. The first-order chi connectivity index (χ1) is 5.74. The minimum atomic E-state index is -0.994. The van der Waals surface area contributed by atoms with Crippen LogP contribution in [0.2, 0.25) is 18.1 Å². The molecule has 0 saturated carbocycles. The first kappa shape index (κ1) is 12.2. The molecule has 0 unspecified atom stereocenters. The highest BCUT2D eigenvalue weighted by Crippen LogP contribution is 2.21. The van der Waals surface area contributed by atoms with Crippen molar-refractivity contribution < 1.29 is 0 Å². The standard InChI is InChI=1S/C10H21ClSi/c1-4-12(5-2,6-3)10-8-7-9-11/h8,10H,4-7,9H2,1-3H3/b10-8+. The minimum Gasteiger partial charge on any atom is -0.126 e. The smallest absolute Gasteiger partial charge is 0.0766 e. The molecule has 0 aliphatic carbocycles. The fraction of sp³-hybridized carbons (Fsp3) is 0.800. The first-order valence-corrected chi connectivity index (χ1v) is 8.21. The number of hydrogen-bond donors (Lipinski definition) is 0. The van der Waals surface area contributed by atoms with Gasteiger partial charge in [0.25, 0.3) is 0 Å². The topological polar surface area (TPSA) is 0 Å². The molecule has 0 aliphatic rings. The summed E-state index contributed by atoms with van der Waals surface area (Å²) in [6.07, 6.45) is 3.33. The van der Waals surface area contributed by atoms with Gasteiger partial charge in [0.05, 0.1) is 8.07 Å². The molecule has 2 heteroatoms. The van der Waals surface area contributed by atoms with E-state index in [2.05, 4.69) is 32.5 Å². The average molecular weight is 205 g/mol. The van der Waals surface area contributed by atoms with E-state index in [0.717, 1.165) is 12.3 Å². The molecule has 0 aromatic rings. The lowest BCUT2D eigenvalue weighted by Crippen LogP contribution is -2.28. The summed E-state index contributed by atoms with van der Waals surface area (Å²) < 4.78 is 0. The van der Waals surface area contributed by atoms with Crippen molar-refractivity contribution in [3.63, 3.8) is 0 Å². The minimum absolute atomic E-state index is 0.762. The monoisotopic (exact) mass is 204 g/mol. The first-order valence-electron chi connectivity index (χ1n) is 4.98. The second-order valence-corrected chi connectivity index (χ2v) is 8.86. The Morgan fingerprint density at radius 1 is 1.08 bits per heavy atom. The van der Waals surface area contributed by atoms with Gasteiger partial charge in [-0.2, -0.15) is 0 Å². The van der Waals surface area contributed by atoms with Gasteiger partial charge in [-0.15, -0.1) is 11.6 Å². The molecule has 12 heavy (non-hydrogen) atoms. The summed E-state index contributed by atoms with van der Waals surface area (Å²) >= 11 is 5.62. The molecule has 0 radical (unpaired) electrons. The largest absolute Gasteiger partial charge is 0.126 e. The molecule has 0 saturated heterocycles. The van der Waals surface area contributed by atoms with Gasteiger partial charge in [0, 0.05) is 5.88 Å². The highest BCUT2D eigenvalue weighted by molar-refractivity contribution is 6.84. The van der Waals surface area contributed by atoms with Crippen LogP contribution in [-0.4, -0.2) is 14.0 Å². The van der Waals surface area contributed by atoms with Crippen molar-refractivity contribution >= 4 is 19.7 Å². The zero-order chi connectivity index (χ0) is 9.45. The van der Waals surface area contributed by atoms with Gasteiger partial charge in [0.2, 0.25) is 0 Å². The SMILES string of the molecule is CC[Si](/C=C/CCCl)(CC)CC. The fourth-order valence-corrected chi connectivity index (χ4v) is 4.50. The lowest BCUT2D eigenvalue weighted by molar-refractivity contribution is 1.18. The molecule has 0 aliphatic heterocycles. The Kier molecular flexibility index (Phi) is 6.87. The van der Waals surface area contributed by atoms with Crippen LogP contribution in [0.15, 0.2) is 11.8 Å². The van der Waals surface area contributed by atoms with Crippen LogP contribution in [0.25, 0.3) is 0 Å². The summed E-state index contributed by atoms with van der Waals surface area (Å²) in [6, 6.07) is 4.12. The van der Waals surface area contributed by atoms with E-state index in [1.807, 2.05) is 0 Å². The van der Waals surface area contributed by atoms with Crippen LogP contribution in [-0.2, 0) is 0 Å². The van der Waals surface area contributed by atoms with E-state index in [4.69, 9.17) is 11.6 Å². The Bertz CT molecular complexity index is 120.